The standard InChI is InChI=1S/C20H29ClN6O4S/c1-11(2)30-17(18-22-9-14(21)10-23-18)13(4)32(28,29)26-20-25-24-19(27(20)15-6-7-15)16-8-5-12(3)31-16/h9-13,15-17H,5-8H2,1-4H3,(H,25,26)/t12-,13+,16-,17?/m1/s1. The van der Waals surface area contributed by atoms with Gasteiger partial charge in [-0.05, 0) is 53.4 Å². The van der Waals surface area contributed by atoms with Gasteiger partial charge in [-0.1, -0.05) is 11.6 Å². The van der Waals surface area contributed by atoms with Crippen molar-refractivity contribution in [3.05, 3.63) is 29.1 Å². The van der Waals surface area contributed by atoms with Crippen LogP contribution in [0.1, 0.15) is 83.3 Å². The minimum absolute atomic E-state index is 0.151. The average Bonchev–Trinajstić information content (AvgIpc) is 3.35. The molecule has 4 atom stereocenters. The Morgan fingerprint density at radius 2 is 1.84 bits per heavy atom. The summed E-state index contributed by atoms with van der Waals surface area (Å²) in [5.41, 5.74) is 0. The van der Waals surface area contributed by atoms with E-state index in [9.17, 15) is 8.42 Å². The second kappa shape index (κ2) is 9.20. The van der Waals surface area contributed by atoms with Crippen LogP contribution in [0, 0.1) is 0 Å². The molecule has 1 saturated heterocycles. The number of sulfonamides is 1. The number of ether oxygens (including phenoxy) is 2. The normalized spacial score (nSPS) is 23.4. The number of hydrogen-bond donors (Lipinski definition) is 1. The maximum atomic E-state index is 13.4. The van der Waals surface area contributed by atoms with E-state index in [2.05, 4.69) is 24.9 Å². The molecule has 1 aliphatic heterocycles. The van der Waals surface area contributed by atoms with E-state index < -0.39 is 21.4 Å². The molecule has 0 spiro atoms. The molecule has 1 saturated carbocycles. The molecule has 2 aliphatic rings. The highest BCUT2D eigenvalue weighted by atomic mass is 35.5. The van der Waals surface area contributed by atoms with Gasteiger partial charge >= 0.3 is 0 Å². The van der Waals surface area contributed by atoms with Crippen LogP contribution in [0.4, 0.5) is 5.95 Å². The van der Waals surface area contributed by atoms with E-state index >= 15 is 0 Å². The fraction of sp³-hybridized carbons (Fsp3) is 0.700. The van der Waals surface area contributed by atoms with Gasteiger partial charge in [-0.25, -0.2) is 18.4 Å². The first-order chi connectivity index (χ1) is 15.2. The minimum Gasteiger partial charge on any atom is -0.367 e. The Hall–Kier alpha value is -1.82. The largest absolute Gasteiger partial charge is 0.367 e. The maximum absolute atomic E-state index is 13.4. The molecule has 32 heavy (non-hydrogen) atoms. The molecule has 2 aromatic rings. The van der Waals surface area contributed by atoms with Crippen LogP contribution < -0.4 is 4.72 Å². The zero-order valence-corrected chi connectivity index (χ0v) is 20.2. The van der Waals surface area contributed by atoms with Gasteiger partial charge in [0.25, 0.3) is 0 Å². The van der Waals surface area contributed by atoms with Gasteiger partial charge in [0.2, 0.25) is 16.0 Å². The zero-order chi connectivity index (χ0) is 23.0. The lowest BCUT2D eigenvalue weighted by molar-refractivity contribution is 0.00154. The SMILES string of the molecule is CC(C)OC(c1ncc(Cl)cn1)[C@H](C)S(=O)(=O)Nc1nnc([C@H]2CC[C@@H](C)O2)n1C1CC1. The van der Waals surface area contributed by atoms with Crippen LogP contribution in [0.25, 0.3) is 0 Å². The summed E-state index contributed by atoms with van der Waals surface area (Å²) in [6.07, 6.45) is 5.39. The topological polar surface area (TPSA) is 121 Å². The molecule has 0 aromatic carbocycles. The predicted molar refractivity (Wildman–Crippen MR) is 119 cm³/mol. The minimum atomic E-state index is -3.92. The van der Waals surface area contributed by atoms with Crippen molar-refractivity contribution in [2.24, 2.45) is 0 Å². The highest BCUT2D eigenvalue weighted by molar-refractivity contribution is 7.93. The summed E-state index contributed by atoms with van der Waals surface area (Å²) in [7, 11) is -3.92. The van der Waals surface area contributed by atoms with Crippen molar-refractivity contribution in [2.75, 3.05) is 4.72 Å². The van der Waals surface area contributed by atoms with Crippen LogP contribution in [-0.2, 0) is 19.5 Å². The molecular weight excluding hydrogens is 456 g/mol. The van der Waals surface area contributed by atoms with Crippen molar-refractivity contribution in [1.82, 2.24) is 24.7 Å². The van der Waals surface area contributed by atoms with E-state index in [1.165, 1.54) is 12.4 Å². The smallest absolute Gasteiger partial charge is 0.240 e. The first kappa shape index (κ1) is 23.3. The molecule has 10 nitrogen and oxygen atoms in total. The number of nitrogens with one attached hydrogen (secondary N) is 1. The van der Waals surface area contributed by atoms with Crippen molar-refractivity contribution >= 4 is 27.6 Å². The highest BCUT2D eigenvalue weighted by Gasteiger charge is 2.39. The number of rotatable bonds is 9. The third-order valence-corrected chi connectivity index (χ3v) is 7.51. The second-order valence-corrected chi connectivity index (χ2v) is 11.2. The summed E-state index contributed by atoms with van der Waals surface area (Å²) >= 11 is 5.89. The third-order valence-electron chi connectivity index (χ3n) is 5.62. The molecule has 0 amide bonds. The summed E-state index contributed by atoms with van der Waals surface area (Å²) in [5, 5.41) is 7.82. The Bertz CT molecular complexity index is 1040. The first-order valence-corrected chi connectivity index (χ1v) is 12.8. The zero-order valence-electron chi connectivity index (χ0n) is 18.6. The van der Waals surface area contributed by atoms with Crippen molar-refractivity contribution < 1.29 is 17.9 Å². The monoisotopic (exact) mass is 484 g/mol. The highest BCUT2D eigenvalue weighted by Crippen LogP contribution is 2.42. The number of hydrogen-bond acceptors (Lipinski definition) is 8. The van der Waals surface area contributed by atoms with E-state index in [-0.39, 0.29) is 36.1 Å². The van der Waals surface area contributed by atoms with E-state index in [4.69, 9.17) is 21.1 Å². The summed E-state index contributed by atoms with van der Waals surface area (Å²) in [6, 6.07) is 0.176. The van der Waals surface area contributed by atoms with E-state index in [1.807, 2.05) is 25.3 Å². The number of aromatic nitrogens is 5. The van der Waals surface area contributed by atoms with Gasteiger partial charge in [-0.2, -0.15) is 0 Å². The summed E-state index contributed by atoms with van der Waals surface area (Å²) in [4.78, 5) is 8.37. The lowest BCUT2D eigenvalue weighted by Crippen LogP contribution is -2.35. The molecule has 0 radical (unpaired) electrons. The predicted octanol–water partition coefficient (Wildman–Crippen LogP) is 3.59. The lowest BCUT2D eigenvalue weighted by Gasteiger charge is -2.25. The van der Waals surface area contributed by atoms with Gasteiger partial charge in [0.15, 0.2) is 11.6 Å². The summed E-state index contributed by atoms with van der Waals surface area (Å²) in [5.74, 6) is 1.13. The molecule has 2 aromatic heterocycles. The van der Waals surface area contributed by atoms with Gasteiger partial charge in [0.05, 0.1) is 17.2 Å². The summed E-state index contributed by atoms with van der Waals surface area (Å²) < 4.78 is 43.1. The second-order valence-electron chi connectivity index (χ2n) is 8.71. The van der Waals surface area contributed by atoms with Crippen LogP contribution in [0.3, 0.4) is 0 Å². The Kier molecular flexibility index (Phi) is 6.71. The fourth-order valence-corrected chi connectivity index (χ4v) is 4.99. The average molecular weight is 485 g/mol. The maximum Gasteiger partial charge on any atom is 0.240 e. The molecule has 1 aliphatic carbocycles. The molecule has 0 bridgehead atoms. The molecule has 2 fully saturated rings. The first-order valence-electron chi connectivity index (χ1n) is 10.9. The van der Waals surface area contributed by atoms with Crippen LogP contribution in [-0.4, -0.2) is 50.6 Å². The van der Waals surface area contributed by atoms with Gasteiger partial charge in [0, 0.05) is 18.4 Å². The Balaban J connectivity index is 1.60. The fourth-order valence-electron chi connectivity index (χ4n) is 3.80. The van der Waals surface area contributed by atoms with Crippen LogP contribution in [0.5, 0.6) is 0 Å². The van der Waals surface area contributed by atoms with Gasteiger partial charge < -0.3 is 9.47 Å². The van der Waals surface area contributed by atoms with E-state index in [1.54, 1.807) is 6.92 Å². The number of anilines is 1. The number of halogens is 1. The van der Waals surface area contributed by atoms with E-state index in [0.717, 1.165) is 25.7 Å². The molecular formula is C20H29ClN6O4S. The van der Waals surface area contributed by atoms with Crippen molar-refractivity contribution in [3.8, 4) is 0 Å². The quantitative estimate of drug-likeness (QED) is 0.573. The van der Waals surface area contributed by atoms with Gasteiger partial charge in [-0.3, -0.25) is 9.29 Å². The molecule has 1 unspecified atom stereocenters. The molecule has 12 heteroatoms. The van der Waals surface area contributed by atoms with Crippen LogP contribution in [0.2, 0.25) is 5.02 Å². The molecule has 1 N–H and O–H groups in total. The lowest BCUT2D eigenvalue weighted by atomic mass is 10.2. The molecule has 3 heterocycles. The van der Waals surface area contributed by atoms with Crippen LogP contribution in [0.15, 0.2) is 12.4 Å². The Morgan fingerprint density at radius 1 is 1.16 bits per heavy atom. The molecule has 4 rings (SSSR count). The summed E-state index contributed by atoms with van der Waals surface area (Å²) in [6.45, 7) is 7.24. The number of nitrogens with zero attached hydrogens (tertiary/aromatic N) is 5. The third kappa shape index (κ3) is 5.05. The molecule has 176 valence electrons. The van der Waals surface area contributed by atoms with E-state index in [0.29, 0.717) is 10.8 Å². The van der Waals surface area contributed by atoms with Crippen molar-refractivity contribution in [2.45, 2.75) is 89.1 Å². The van der Waals surface area contributed by atoms with Crippen LogP contribution >= 0.6 is 11.6 Å². The Morgan fingerprint density at radius 3 is 2.41 bits per heavy atom. The Labute approximate surface area is 193 Å². The van der Waals surface area contributed by atoms with Gasteiger partial charge in [-0.15, -0.1) is 10.2 Å². The van der Waals surface area contributed by atoms with Gasteiger partial charge in [0.1, 0.15) is 17.5 Å². The van der Waals surface area contributed by atoms with Crippen molar-refractivity contribution in [1.29, 1.82) is 0 Å². The van der Waals surface area contributed by atoms with Crippen molar-refractivity contribution in [3.63, 3.8) is 0 Å².